The zero-order chi connectivity index (χ0) is 13.1. The number of nitrogens with two attached hydrogens (primary N) is 1. The molecule has 2 aromatic carbocycles. The molecule has 0 aliphatic carbocycles. The van der Waals surface area contributed by atoms with Gasteiger partial charge in [0.15, 0.2) is 0 Å². The second-order valence-corrected chi connectivity index (χ2v) is 5.24. The Kier molecular flexibility index (Phi) is 4.28. The van der Waals surface area contributed by atoms with E-state index in [1.165, 1.54) is 5.56 Å². The fraction of sp³-hybridized carbons (Fsp3) is 0.200. The molecule has 0 aliphatic heterocycles. The molecule has 1 unspecified atom stereocenters. The molecule has 2 rings (SSSR count). The molecule has 0 aliphatic rings. The van der Waals surface area contributed by atoms with Crippen LogP contribution < -0.4 is 5.73 Å². The van der Waals surface area contributed by atoms with Crippen LogP contribution in [0.15, 0.2) is 42.5 Å². The Bertz CT molecular complexity index is 514. The van der Waals surface area contributed by atoms with Crippen LogP contribution in [0, 0.1) is 6.92 Å². The summed E-state index contributed by atoms with van der Waals surface area (Å²) in [6.07, 6.45) is 0.640. The molecular formula is C15H15Cl2N. The fourth-order valence-corrected chi connectivity index (χ4v) is 2.43. The van der Waals surface area contributed by atoms with Crippen molar-refractivity contribution in [3.8, 4) is 0 Å². The third-order valence-electron chi connectivity index (χ3n) is 2.99. The van der Waals surface area contributed by atoms with Gasteiger partial charge in [-0.05, 0) is 36.6 Å². The summed E-state index contributed by atoms with van der Waals surface area (Å²) >= 11 is 12.3. The molecule has 0 spiro atoms. The molecule has 0 bridgehead atoms. The molecule has 3 heteroatoms. The first-order valence-electron chi connectivity index (χ1n) is 5.83. The third kappa shape index (κ3) is 3.05. The van der Waals surface area contributed by atoms with Crippen molar-refractivity contribution in [1.29, 1.82) is 0 Å². The van der Waals surface area contributed by atoms with Crippen molar-refractivity contribution in [1.82, 2.24) is 0 Å². The van der Waals surface area contributed by atoms with Crippen molar-refractivity contribution in [2.75, 3.05) is 0 Å². The molecule has 2 aromatic rings. The van der Waals surface area contributed by atoms with E-state index in [1.54, 1.807) is 0 Å². The molecule has 0 fully saturated rings. The van der Waals surface area contributed by atoms with Crippen LogP contribution in [0.5, 0.6) is 0 Å². The molecule has 94 valence electrons. The van der Waals surface area contributed by atoms with Gasteiger partial charge in [-0.3, -0.25) is 0 Å². The first kappa shape index (κ1) is 13.4. The quantitative estimate of drug-likeness (QED) is 0.877. The van der Waals surface area contributed by atoms with Gasteiger partial charge in [-0.25, -0.2) is 0 Å². The maximum Gasteiger partial charge on any atom is 0.0453 e. The minimum absolute atomic E-state index is 0.0944. The summed E-state index contributed by atoms with van der Waals surface area (Å²) in [5.41, 5.74) is 9.43. The van der Waals surface area contributed by atoms with Crippen LogP contribution in [0.2, 0.25) is 10.0 Å². The average molecular weight is 280 g/mol. The first-order chi connectivity index (χ1) is 8.58. The Morgan fingerprint density at radius 3 is 2.11 bits per heavy atom. The molecule has 0 saturated carbocycles. The van der Waals surface area contributed by atoms with Crippen LogP contribution in [0.25, 0.3) is 0 Å². The van der Waals surface area contributed by atoms with Crippen LogP contribution in [0.3, 0.4) is 0 Å². The SMILES string of the molecule is Cc1ccc(C(N)Cc2c(Cl)cccc2Cl)cc1. The van der Waals surface area contributed by atoms with Crippen molar-refractivity contribution in [2.45, 2.75) is 19.4 Å². The van der Waals surface area contributed by atoms with E-state index in [-0.39, 0.29) is 6.04 Å². The molecule has 1 atom stereocenters. The van der Waals surface area contributed by atoms with Gasteiger partial charge in [0.2, 0.25) is 0 Å². The van der Waals surface area contributed by atoms with Gasteiger partial charge < -0.3 is 5.73 Å². The molecule has 18 heavy (non-hydrogen) atoms. The van der Waals surface area contributed by atoms with Crippen LogP contribution in [-0.4, -0.2) is 0 Å². The van der Waals surface area contributed by atoms with Gasteiger partial charge in [0, 0.05) is 16.1 Å². The van der Waals surface area contributed by atoms with Gasteiger partial charge in [0.25, 0.3) is 0 Å². The third-order valence-corrected chi connectivity index (χ3v) is 3.70. The highest BCUT2D eigenvalue weighted by Gasteiger charge is 2.12. The smallest absolute Gasteiger partial charge is 0.0453 e. The van der Waals surface area contributed by atoms with Crippen LogP contribution in [-0.2, 0) is 6.42 Å². The van der Waals surface area contributed by atoms with Crippen molar-refractivity contribution in [3.63, 3.8) is 0 Å². The van der Waals surface area contributed by atoms with E-state index in [0.717, 1.165) is 11.1 Å². The molecule has 0 saturated heterocycles. The lowest BCUT2D eigenvalue weighted by molar-refractivity contribution is 0.722. The predicted molar refractivity (Wildman–Crippen MR) is 78.3 cm³/mol. The first-order valence-corrected chi connectivity index (χ1v) is 6.58. The zero-order valence-corrected chi connectivity index (χ0v) is 11.7. The van der Waals surface area contributed by atoms with Crippen LogP contribution in [0.4, 0.5) is 0 Å². The molecular weight excluding hydrogens is 265 g/mol. The number of hydrogen-bond donors (Lipinski definition) is 1. The molecule has 0 radical (unpaired) electrons. The largest absolute Gasteiger partial charge is 0.324 e. The highest BCUT2D eigenvalue weighted by Crippen LogP contribution is 2.28. The topological polar surface area (TPSA) is 26.0 Å². The highest BCUT2D eigenvalue weighted by molar-refractivity contribution is 6.36. The lowest BCUT2D eigenvalue weighted by atomic mass is 9.99. The van der Waals surface area contributed by atoms with Gasteiger partial charge in [0.05, 0.1) is 0 Å². The summed E-state index contributed by atoms with van der Waals surface area (Å²) in [5, 5.41) is 1.34. The number of aryl methyl sites for hydroxylation is 1. The van der Waals surface area contributed by atoms with Crippen molar-refractivity contribution in [3.05, 3.63) is 69.2 Å². The Morgan fingerprint density at radius 2 is 1.56 bits per heavy atom. The number of benzene rings is 2. The second kappa shape index (κ2) is 5.75. The molecule has 0 aromatic heterocycles. The average Bonchev–Trinajstić information content (AvgIpc) is 2.34. The summed E-state index contributed by atoms with van der Waals surface area (Å²) in [6, 6.07) is 13.6. The van der Waals surface area contributed by atoms with Crippen molar-refractivity contribution in [2.24, 2.45) is 5.73 Å². The fourth-order valence-electron chi connectivity index (χ4n) is 1.88. The summed E-state index contributed by atoms with van der Waals surface area (Å²) < 4.78 is 0. The minimum Gasteiger partial charge on any atom is -0.324 e. The Labute approximate surface area is 118 Å². The van der Waals surface area contributed by atoms with Crippen LogP contribution in [0.1, 0.15) is 22.7 Å². The van der Waals surface area contributed by atoms with Gasteiger partial charge in [-0.15, -0.1) is 0 Å². The number of rotatable bonds is 3. The van der Waals surface area contributed by atoms with E-state index in [4.69, 9.17) is 28.9 Å². The molecule has 1 nitrogen and oxygen atoms in total. The molecule has 0 heterocycles. The van der Waals surface area contributed by atoms with E-state index in [2.05, 4.69) is 19.1 Å². The summed E-state index contributed by atoms with van der Waals surface area (Å²) in [6.45, 7) is 2.06. The van der Waals surface area contributed by atoms with E-state index >= 15 is 0 Å². The molecule has 0 amide bonds. The van der Waals surface area contributed by atoms with Gasteiger partial charge >= 0.3 is 0 Å². The Balaban J connectivity index is 2.21. The van der Waals surface area contributed by atoms with Crippen LogP contribution >= 0.6 is 23.2 Å². The summed E-state index contributed by atoms with van der Waals surface area (Å²) in [5.74, 6) is 0. The summed E-state index contributed by atoms with van der Waals surface area (Å²) in [4.78, 5) is 0. The Morgan fingerprint density at radius 1 is 1.00 bits per heavy atom. The van der Waals surface area contributed by atoms with E-state index < -0.39 is 0 Å². The maximum absolute atomic E-state index is 6.20. The monoisotopic (exact) mass is 279 g/mol. The Hall–Kier alpha value is -1.02. The number of hydrogen-bond acceptors (Lipinski definition) is 1. The van der Waals surface area contributed by atoms with Gasteiger partial charge in [-0.1, -0.05) is 59.1 Å². The lowest BCUT2D eigenvalue weighted by Crippen LogP contribution is -2.13. The van der Waals surface area contributed by atoms with E-state index in [9.17, 15) is 0 Å². The highest BCUT2D eigenvalue weighted by atomic mass is 35.5. The van der Waals surface area contributed by atoms with E-state index in [1.807, 2.05) is 30.3 Å². The van der Waals surface area contributed by atoms with Gasteiger partial charge in [0.1, 0.15) is 0 Å². The second-order valence-electron chi connectivity index (χ2n) is 4.42. The number of halogens is 2. The van der Waals surface area contributed by atoms with Gasteiger partial charge in [-0.2, -0.15) is 0 Å². The molecule has 2 N–H and O–H groups in total. The zero-order valence-electron chi connectivity index (χ0n) is 10.2. The normalized spacial score (nSPS) is 12.4. The minimum atomic E-state index is -0.0944. The standard InChI is InChI=1S/C15H15Cl2N/c1-10-5-7-11(8-6-10)15(18)9-12-13(16)3-2-4-14(12)17/h2-8,15H,9,18H2,1H3. The van der Waals surface area contributed by atoms with Crippen molar-refractivity contribution < 1.29 is 0 Å². The predicted octanol–water partition coefficient (Wildman–Crippen LogP) is 4.54. The maximum atomic E-state index is 6.20. The van der Waals surface area contributed by atoms with Crippen molar-refractivity contribution >= 4 is 23.2 Å². The summed E-state index contributed by atoms with van der Waals surface area (Å²) in [7, 11) is 0. The lowest BCUT2D eigenvalue weighted by Gasteiger charge is -2.14. The van der Waals surface area contributed by atoms with E-state index in [0.29, 0.717) is 16.5 Å².